The Morgan fingerprint density at radius 1 is 0.905 bits per heavy atom. The Kier molecular flexibility index (Phi) is 4.39. The van der Waals surface area contributed by atoms with E-state index in [4.69, 9.17) is 0 Å². The van der Waals surface area contributed by atoms with Gasteiger partial charge in [0.05, 0.1) is 0 Å². The quantitative estimate of drug-likeness (QED) is 0.459. The molecule has 0 unspecified atom stereocenters. The summed E-state index contributed by atoms with van der Waals surface area (Å²) in [4.78, 5) is 12.2. The number of ketones is 1. The predicted octanol–water partition coefficient (Wildman–Crippen LogP) is 4.29. The molecule has 0 aromatic heterocycles. The van der Waals surface area contributed by atoms with Crippen molar-refractivity contribution in [2.24, 2.45) is 0 Å². The number of carbonyl (C=O) groups is 1. The second-order valence-corrected chi connectivity index (χ2v) is 10.7. The van der Waals surface area contributed by atoms with Gasteiger partial charge in [0.25, 0.3) is 0 Å². The highest BCUT2D eigenvalue weighted by atomic mass is 28.3. The number of carbonyl (C=O) groups excluding carboxylic acids is 1. The predicted molar refractivity (Wildman–Crippen MR) is 86.5 cm³/mol. The Morgan fingerprint density at radius 3 is 1.86 bits per heavy atom. The molecule has 0 saturated carbocycles. The Labute approximate surface area is 125 Å². The van der Waals surface area contributed by atoms with Crippen LogP contribution in [0.4, 0.5) is 4.39 Å². The molecule has 0 spiro atoms. The molecule has 0 radical (unpaired) electrons. The van der Waals surface area contributed by atoms with Gasteiger partial charge in [-0.2, -0.15) is 0 Å². The minimum absolute atomic E-state index is 0.111. The fraction of sp³-hybridized carbons (Fsp3) is 0.167. The first-order valence-corrected chi connectivity index (χ1v) is 10.3. The summed E-state index contributed by atoms with van der Waals surface area (Å²) in [6.07, 6.45) is 0. The van der Waals surface area contributed by atoms with E-state index in [9.17, 15) is 9.18 Å². The molecular weight excluding hydrogens is 279 g/mol. The lowest BCUT2D eigenvalue weighted by molar-refractivity contribution is 0.103. The van der Waals surface area contributed by atoms with Gasteiger partial charge in [-0.05, 0) is 48.5 Å². The molecule has 0 bridgehead atoms. The highest BCUT2D eigenvalue weighted by Crippen LogP contribution is 2.12. The third kappa shape index (κ3) is 4.40. The topological polar surface area (TPSA) is 17.1 Å². The number of rotatable bonds is 2. The zero-order valence-electron chi connectivity index (χ0n) is 12.4. The summed E-state index contributed by atoms with van der Waals surface area (Å²) in [5.74, 6) is 2.69. The van der Waals surface area contributed by atoms with E-state index in [1.165, 1.54) is 24.3 Å². The second-order valence-electron chi connectivity index (χ2n) is 5.91. The van der Waals surface area contributed by atoms with Crippen molar-refractivity contribution in [3.05, 3.63) is 71.0 Å². The zero-order chi connectivity index (χ0) is 15.5. The van der Waals surface area contributed by atoms with E-state index in [0.717, 1.165) is 5.56 Å². The summed E-state index contributed by atoms with van der Waals surface area (Å²) in [7, 11) is -1.40. The van der Waals surface area contributed by atoms with Gasteiger partial charge < -0.3 is 0 Å². The van der Waals surface area contributed by atoms with E-state index in [1.54, 1.807) is 12.1 Å². The van der Waals surface area contributed by atoms with Crippen molar-refractivity contribution >= 4 is 13.9 Å². The van der Waals surface area contributed by atoms with Crippen molar-refractivity contribution < 1.29 is 9.18 Å². The Morgan fingerprint density at radius 2 is 1.38 bits per heavy atom. The van der Waals surface area contributed by atoms with Gasteiger partial charge in [-0.15, -0.1) is 5.54 Å². The summed E-state index contributed by atoms with van der Waals surface area (Å²) < 4.78 is 12.9. The molecular formula is C18H17FOSi. The highest BCUT2D eigenvalue weighted by Gasteiger charge is 2.09. The third-order valence-corrected chi connectivity index (χ3v) is 3.71. The molecule has 0 saturated heterocycles. The number of hydrogen-bond acceptors (Lipinski definition) is 1. The molecule has 2 aromatic carbocycles. The molecule has 0 aliphatic heterocycles. The standard InChI is InChI=1S/C18H17FOSi/c1-21(2,3)13-12-14-4-6-15(7-5-14)18(20)16-8-10-17(19)11-9-16/h4-11H,1-3H3. The number of hydrogen-bond donors (Lipinski definition) is 0. The average molecular weight is 296 g/mol. The van der Waals surface area contributed by atoms with Gasteiger partial charge in [0.15, 0.2) is 5.78 Å². The molecule has 0 fully saturated rings. The van der Waals surface area contributed by atoms with Gasteiger partial charge in [-0.3, -0.25) is 4.79 Å². The summed E-state index contributed by atoms with van der Waals surface area (Å²) >= 11 is 0. The van der Waals surface area contributed by atoms with Crippen LogP contribution in [0.25, 0.3) is 0 Å². The van der Waals surface area contributed by atoms with Crippen LogP contribution in [-0.4, -0.2) is 13.9 Å². The Balaban J connectivity index is 2.20. The minimum Gasteiger partial charge on any atom is -0.289 e. The van der Waals surface area contributed by atoms with Crippen LogP contribution in [0.3, 0.4) is 0 Å². The molecule has 0 N–H and O–H groups in total. The second kappa shape index (κ2) is 6.07. The van der Waals surface area contributed by atoms with Gasteiger partial charge >= 0.3 is 0 Å². The first kappa shape index (κ1) is 15.2. The van der Waals surface area contributed by atoms with Gasteiger partial charge in [0.2, 0.25) is 0 Å². The van der Waals surface area contributed by atoms with E-state index in [1.807, 2.05) is 12.1 Å². The minimum atomic E-state index is -1.40. The van der Waals surface area contributed by atoms with Gasteiger partial charge in [-0.25, -0.2) is 4.39 Å². The van der Waals surface area contributed by atoms with E-state index in [2.05, 4.69) is 31.1 Å². The van der Waals surface area contributed by atoms with Crippen LogP contribution in [0.1, 0.15) is 21.5 Å². The lowest BCUT2D eigenvalue weighted by Gasteiger charge is -2.04. The average Bonchev–Trinajstić information content (AvgIpc) is 2.45. The van der Waals surface area contributed by atoms with Crippen molar-refractivity contribution in [2.75, 3.05) is 0 Å². The molecule has 106 valence electrons. The van der Waals surface area contributed by atoms with E-state index < -0.39 is 8.07 Å². The fourth-order valence-electron chi connectivity index (χ4n) is 1.73. The molecule has 2 rings (SSSR count). The summed E-state index contributed by atoms with van der Waals surface area (Å²) in [5, 5.41) is 0. The smallest absolute Gasteiger partial charge is 0.193 e. The lowest BCUT2D eigenvalue weighted by Crippen LogP contribution is -2.16. The zero-order valence-corrected chi connectivity index (χ0v) is 13.4. The van der Waals surface area contributed by atoms with Gasteiger partial charge in [0, 0.05) is 16.7 Å². The summed E-state index contributed by atoms with van der Waals surface area (Å²) in [6.45, 7) is 6.56. The van der Waals surface area contributed by atoms with Crippen LogP contribution in [-0.2, 0) is 0 Å². The van der Waals surface area contributed by atoms with Gasteiger partial charge in [-0.1, -0.05) is 25.6 Å². The van der Waals surface area contributed by atoms with Gasteiger partial charge in [0.1, 0.15) is 13.9 Å². The van der Waals surface area contributed by atoms with E-state index in [0.29, 0.717) is 11.1 Å². The van der Waals surface area contributed by atoms with Crippen molar-refractivity contribution in [1.29, 1.82) is 0 Å². The van der Waals surface area contributed by atoms with Crippen molar-refractivity contribution in [3.8, 4) is 11.5 Å². The summed E-state index contributed by atoms with van der Waals surface area (Å²) in [5.41, 5.74) is 5.26. The Hall–Kier alpha value is -2.18. The van der Waals surface area contributed by atoms with Crippen LogP contribution < -0.4 is 0 Å². The maximum Gasteiger partial charge on any atom is 0.193 e. The molecule has 0 aliphatic rings. The first-order chi connectivity index (χ1) is 9.85. The van der Waals surface area contributed by atoms with E-state index in [-0.39, 0.29) is 11.6 Å². The Bertz CT molecular complexity index is 698. The lowest BCUT2D eigenvalue weighted by atomic mass is 10.0. The summed E-state index contributed by atoms with van der Waals surface area (Å²) in [6, 6.07) is 12.8. The van der Waals surface area contributed by atoms with Crippen LogP contribution in [0.2, 0.25) is 19.6 Å². The molecule has 0 aliphatic carbocycles. The van der Waals surface area contributed by atoms with Crippen molar-refractivity contribution in [3.63, 3.8) is 0 Å². The third-order valence-electron chi connectivity index (χ3n) is 2.84. The number of halogens is 1. The van der Waals surface area contributed by atoms with Crippen molar-refractivity contribution in [1.82, 2.24) is 0 Å². The number of benzene rings is 2. The molecule has 0 atom stereocenters. The molecule has 0 heterocycles. The molecule has 1 nitrogen and oxygen atoms in total. The molecule has 21 heavy (non-hydrogen) atoms. The monoisotopic (exact) mass is 296 g/mol. The van der Waals surface area contributed by atoms with Crippen LogP contribution >= 0.6 is 0 Å². The first-order valence-electron chi connectivity index (χ1n) is 6.79. The van der Waals surface area contributed by atoms with Crippen LogP contribution in [0.5, 0.6) is 0 Å². The fourth-order valence-corrected chi connectivity index (χ4v) is 2.25. The van der Waals surface area contributed by atoms with Crippen LogP contribution in [0, 0.1) is 17.3 Å². The molecule has 3 heteroatoms. The maximum atomic E-state index is 12.9. The van der Waals surface area contributed by atoms with Crippen LogP contribution in [0.15, 0.2) is 48.5 Å². The van der Waals surface area contributed by atoms with E-state index >= 15 is 0 Å². The molecule has 2 aromatic rings. The largest absolute Gasteiger partial charge is 0.289 e. The normalized spacial score (nSPS) is 10.7. The van der Waals surface area contributed by atoms with Crippen molar-refractivity contribution in [2.45, 2.75) is 19.6 Å². The molecule has 0 amide bonds. The highest BCUT2D eigenvalue weighted by molar-refractivity contribution is 6.83. The SMILES string of the molecule is C[Si](C)(C)C#Cc1ccc(C(=O)c2ccc(F)cc2)cc1. The maximum absolute atomic E-state index is 12.9.